The van der Waals surface area contributed by atoms with Crippen molar-refractivity contribution in [1.29, 1.82) is 0 Å². The molecular weight excluding hydrogens is 389 g/mol. The predicted molar refractivity (Wildman–Crippen MR) is 98.0 cm³/mol. The van der Waals surface area contributed by atoms with Crippen LogP contribution in [0.1, 0.15) is 52.0 Å². The zero-order chi connectivity index (χ0) is 18.6. The summed E-state index contributed by atoms with van der Waals surface area (Å²) in [6.07, 6.45) is 2.77. The van der Waals surface area contributed by atoms with E-state index in [4.69, 9.17) is 4.74 Å². The molecule has 0 bridgehead atoms. The van der Waals surface area contributed by atoms with Crippen LogP contribution in [0.15, 0.2) is 22.7 Å². The standard InChI is InChI=1S/C19H25BrFNO3/c1-19(2,3)25-18(24)22-11-6-4-5-10-15(22)16(23)12-13-8-7-9-14(20)17(13)21/h7-9,15H,4-6,10-12H2,1-3H3/t15-/m0/s1. The molecule has 0 saturated carbocycles. The number of rotatable bonds is 3. The summed E-state index contributed by atoms with van der Waals surface area (Å²) in [5.74, 6) is -0.571. The van der Waals surface area contributed by atoms with Gasteiger partial charge in [0, 0.05) is 13.0 Å². The van der Waals surface area contributed by atoms with Crippen LogP contribution in [0.4, 0.5) is 9.18 Å². The van der Waals surface area contributed by atoms with Crippen LogP contribution in [-0.4, -0.2) is 35.0 Å². The molecule has 1 aromatic carbocycles. The van der Waals surface area contributed by atoms with Gasteiger partial charge in [0.15, 0.2) is 5.78 Å². The maximum atomic E-state index is 14.2. The molecule has 0 N–H and O–H groups in total. The molecular formula is C19H25BrFNO3. The largest absolute Gasteiger partial charge is 0.444 e. The lowest BCUT2D eigenvalue weighted by atomic mass is 9.99. The Kier molecular flexibility index (Phi) is 6.60. The molecule has 138 valence electrons. The maximum Gasteiger partial charge on any atom is 0.410 e. The van der Waals surface area contributed by atoms with Crippen molar-refractivity contribution in [2.75, 3.05) is 6.54 Å². The SMILES string of the molecule is CC(C)(C)OC(=O)N1CCCCC[C@H]1C(=O)Cc1cccc(Br)c1F. The Hall–Kier alpha value is -1.43. The monoisotopic (exact) mass is 413 g/mol. The molecule has 1 amide bonds. The lowest BCUT2D eigenvalue weighted by Gasteiger charge is -2.31. The maximum absolute atomic E-state index is 14.2. The zero-order valence-electron chi connectivity index (χ0n) is 15.0. The summed E-state index contributed by atoms with van der Waals surface area (Å²) in [4.78, 5) is 26.9. The number of ether oxygens (including phenoxy) is 1. The first-order valence-corrected chi connectivity index (χ1v) is 9.43. The fourth-order valence-corrected chi connectivity index (χ4v) is 3.38. The van der Waals surface area contributed by atoms with E-state index in [2.05, 4.69) is 15.9 Å². The Labute approximate surface area is 156 Å². The van der Waals surface area contributed by atoms with E-state index in [1.54, 1.807) is 39.0 Å². The molecule has 2 rings (SSSR count). The van der Waals surface area contributed by atoms with Crippen LogP contribution in [-0.2, 0) is 16.0 Å². The Balaban J connectivity index is 2.18. The third-order valence-corrected chi connectivity index (χ3v) is 4.76. The number of ketones is 1. The molecule has 1 saturated heterocycles. The van der Waals surface area contributed by atoms with Gasteiger partial charge in [0.05, 0.1) is 10.5 Å². The molecule has 1 heterocycles. The first-order chi connectivity index (χ1) is 11.7. The molecule has 0 aliphatic carbocycles. The number of likely N-dealkylation sites (tertiary alicyclic amines) is 1. The summed E-state index contributed by atoms with van der Waals surface area (Å²) in [5, 5.41) is 0. The van der Waals surface area contributed by atoms with E-state index in [-0.39, 0.29) is 12.2 Å². The molecule has 4 nitrogen and oxygen atoms in total. The Bertz CT molecular complexity index is 642. The van der Waals surface area contributed by atoms with Crippen LogP contribution in [0.5, 0.6) is 0 Å². The minimum Gasteiger partial charge on any atom is -0.444 e. The van der Waals surface area contributed by atoms with E-state index in [1.807, 2.05) is 0 Å². The summed E-state index contributed by atoms with van der Waals surface area (Å²) in [6, 6.07) is 4.35. The molecule has 1 aromatic rings. The molecule has 0 spiro atoms. The molecule has 0 aromatic heterocycles. The number of Topliss-reactive ketones (excluding diaryl/α,β-unsaturated/α-hetero) is 1. The minimum atomic E-state index is -0.618. The molecule has 0 radical (unpaired) electrons. The van der Waals surface area contributed by atoms with Gasteiger partial charge in [-0.25, -0.2) is 9.18 Å². The Morgan fingerprint density at radius 2 is 2.00 bits per heavy atom. The number of nitrogens with zero attached hydrogens (tertiary/aromatic N) is 1. The highest BCUT2D eigenvalue weighted by Gasteiger charge is 2.33. The van der Waals surface area contributed by atoms with Crippen LogP contribution in [0, 0.1) is 5.82 Å². The van der Waals surface area contributed by atoms with Gasteiger partial charge in [-0.2, -0.15) is 0 Å². The predicted octanol–water partition coefficient (Wildman–Crippen LogP) is 4.88. The molecule has 0 unspecified atom stereocenters. The van der Waals surface area contributed by atoms with E-state index < -0.39 is 23.6 Å². The van der Waals surface area contributed by atoms with Crippen molar-refractivity contribution >= 4 is 27.8 Å². The van der Waals surface area contributed by atoms with Crippen LogP contribution in [0.25, 0.3) is 0 Å². The van der Waals surface area contributed by atoms with Gasteiger partial charge in [0.2, 0.25) is 0 Å². The Morgan fingerprint density at radius 1 is 1.28 bits per heavy atom. The van der Waals surface area contributed by atoms with Gasteiger partial charge in [-0.3, -0.25) is 9.69 Å². The van der Waals surface area contributed by atoms with E-state index in [9.17, 15) is 14.0 Å². The van der Waals surface area contributed by atoms with Crippen LogP contribution in [0.2, 0.25) is 0 Å². The quantitative estimate of drug-likeness (QED) is 0.709. The first kappa shape index (κ1) is 19.9. The smallest absolute Gasteiger partial charge is 0.410 e. The highest BCUT2D eigenvalue weighted by atomic mass is 79.9. The van der Waals surface area contributed by atoms with Crippen LogP contribution >= 0.6 is 15.9 Å². The molecule has 1 atom stereocenters. The lowest BCUT2D eigenvalue weighted by molar-refractivity contribution is -0.123. The summed E-state index contributed by atoms with van der Waals surface area (Å²) in [7, 11) is 0. The van der Waals surface area contributed by atoms with Crippen LogP contribution in [0.3, 0.4) is 0 Å². The van der Waals surface area contributed by atoms with E-state index in [1.165, 1.54) is 4.90 Å². The third-order valence-electron chi connectivity index (χ3n) is 4.15. The van der Waals surface area contributed by atoms with Gasteiger partial charge >= 0.3 is 6.09 Å². The van der Waals surface area contributed by atoms with Crippen molar-refractivity contribution in [3.05, 3.63) is 34.1 Å². The molecule has 25 heavy (non-hydrogen) atoms. The van der Waals surface area contributed by atoms with Gasteiger partial charge in [-0.15, -0.1) is 0 Å². The second kappa shape index (κ2) is 8.30. The summed E-state index contributed by atoms with van der Waals surface area (Å²) >= 11 is 3.14. The topological polar surface area (TPSA) is 46.6 Å². The number of carbonyl (C=O) groups excluding carboxylic acids is 2. The van der Waals surface area contributed by atoms with E-state index in [0.29, 0.717) is 23.0 Å². The number of hydrogen-bond acceptors (Lipinski definition) is 3. The van der Waals surface area contributed by atoms with Crippen molar-refractivity contribution in [3.63, 3.8) is 0 Å². The van der Waals surface area contributed by atoms with E-state index >= 15 is 0 Å². The third kappa shape index (κ3) is 5.53. The van der Waals surface area contributed by atoms with Gasteiger partial charge in [-0.1, -0.05) is 25.0 Å². The van der Waals surface area contributed by atoms with Gasteiger partial charge in [0.25, 0.3) is 0 Å². The second-order valence-electron chi connectivity index (χ2n) is 7.39. The van der Waals surface area contributed by atoms with Crippen molar-refractivity contribution in [2.45, 2.75) is 64.5 Å². The minimum absolute atomic E-state index is 0.0325. The summed E-state index contributed by atoms with van der Waals surface area (Å²) in [5.41, 5.74) is -0.277. The number of hydrogen-bond donors (Lipinski definition) is 0. The molecule has 1 aliphatic rings. The molecule has 6 heteroatoms. The number of carbonyl (C=O) groups is 2. The first-order valence-electron chi connectivity index (χ1n) is 8.64. The highest BCUT2D eigenvalue weighted by Crippen LogP contribution is 2.24. The van der Waals surface area contributed by atoms with Crippen molar-refractivity contribution < 1.29 is 18.7 Å². The molecule has 1 fully saturated rings. The average molecular weight is 414 g/mol. The van der Waals surface area contributed by atoms with Crippen LogP contribution < -0.4 is 0 Å². The summed E-state index contributed by atoms with van der Waals surface area (Å²) in [6.45, 7) is 5.90. The average Bonchev–Trinajstić information content (AvgIpc) is 2.76. The number of benzene rings is 1. The summed E-state index contributed by atoms with van der Waals surface area (Å²) < 4.78 is 20.0. The fraction of sp³-hybridized carbons (Fsp3) is 0.579. The van der Waals surface area contributed by atoms with Gasteiger partial charge in [0.1, 0.15) is 11.4 Å². The van der Waals surface area contributed by atoms with Crippen molar-refractivity contribution in [2.24, 2.45) is 0 Å². The molecule has 1 aliphatic heterocycles. The van der Waals surface area contributed by atoms with Gasteiger partial charge < -0.3 is 4.74 Å². The highest BCUT2D eigenvalue weighted by molar-refractivity contribution is 9.10. The second-order valence-corrected chi connectivity index (χ2v) is 8.25. The number of amides is 1. The van der Waals surface area contributed by atoms with Crippen molar-refractivity contribution in [1.82, 2.24) is 4.90 Å². The number of halogens is 2. The van der Waals surface area contributed by atoms with E-state index in [0.717, 1.165) is 19.3 Å². The van der Waals surface area contributed by atoms with Gasteiger partial charge in [-0.05, 0) is 61.2 Å². The Morgan fingerprint density at radius 3 is 2.68 bits per heavy atom. The normalized spacial score (nSPS) is 18.6. The van der Waals surface area contributed by atoms with Crippen molar-refractivity contribution in [3.8, 4) is 0 Å². The zero-order valence-corrected chi connectivity index (χ0v) is 16.6. The fourth-order valence-electron chi connectivity index (χ4n) is 2.97. The lowest BCUT2D eigenvalue weighted by Crippen LogP contribution is -2.47.